The maximum absolute atomic E-state index is 12.3. The van der Waals surface area contributed by atoms with Crippen molar-refractivity contribution in [3.63, 3.8) is 0 Å². The molecule has 0 N–H and O–H groups in total. The fraction of sp³-hybridized carbons (Fsp3) is 0.474. The molecule has 0 aliphatic carbocycles. The number of benzene rings is 1. The summed E-state index contributed by atoms with van der Waals surface area (Å²) in [5, 5.41) is 0. The number of ether oxygens (including phenoxy) is 3. The molecule has 1 atom stereocenters. The van der Waals surface area contributed by atoms with E-state index >= 15 is 0 Å². The van der Waals surface area contributed by atoms with E-state index in [1.54, 1.807) is 6.08 Å². The van der Waals surface area contributed by atoms with Gasteiger partial charge < -0.3 is 19.1 Å². The van der Waals surface area contributed by atoms with Gasteiger partial charge in [-0.05, 0) is 11.6 Å². The van der Waals surface area contributed by atoms with Gasteiger partial charge in [0.1, 0.15) is 0 Å². The third-order valence-corrected chi connectivity index (χ3v) is 4.67. The van der Waals surface area contributed by atoms with Gasteiger partial charge in [-0.1, -0.05) is 32.0 Å². The fourth-order valence-electron chi connectivity index (χ4n) is 3.31. The number of fused-ring (bicyclic) bond motifs is 1. The highest BCUT2D eigenvalue weighted by Crippen LogP contribution is 2.46. The number of carbonyl (C=O) groups is 2. The zero-order chi connectivity index (χ0) is 18.0. The number of para-hydroxylation sites is 1. The summed E-state index contributed by atoms with van der Waals surface area (Å²) in [6.45, 7) is 4.84. The van der Waals surface area contributed by atoms with Crippen LogP contribution in [0.25, 0.3) is 0 Å². The number of hydrogen-bond donors (Lipinski definition) is 0. The molecule has 25 heavy (non-hydrogen) atoms. The molecule has 0 amide bonds. The van der Waals surface area contributed by atoms with Crippen LogP contribution in [0.15, 0.2) is 36.0 Å². The van der Waals surface area contributed by atoms with Crippen molar-refractivity contribution in [1.29, 1.82) is 0 Å². The maximum Gasteiger partial charge on any atom is 0.338 e. The van der Waals surface area contributed by atoms with Crippen LogP contribution in [0.3, 0.4) is 0 Å². The molecule has 0 spiro atoms. The van der Waals surface area contributed by atoms with Gasteiger partial charge in [0.2, 0.25) is 0 Å². The largest absolute Gasteiger partial charge is 0.455 e. The summed E-state index contributed by atoms with van der Waals surface area (Å²) in [4.78, 5) is 26.2. The molecule has 0 aromatic heterocycles. The molecule has 1 saturated heterocycles. The van der Waals surface area contributed by atoms with Crippen LogP contribution in [0.5, 0.6) is 0 Å². The number of esters is 1. The summed E-state index contributed by atoms with van der Waals surface area (Å²) < 4.78 is 15.5. The quantitative estimate of drug-likeness (QED) is 0.613. The van der Waals surface area contributed by atoms with Crippen molar-refractivity contribution in [1.82, 2.24) is 0 Å². The smallest absolute Gasteiger partial charge is 0.338 e. The number of hydrogen-bond acceptors (Lipinski definition) is 6. The first-order valence-corrected chi connectivity index (χ1v) is 8.35. The number of rotatable bonds is 4. The lowest BCUT2D eigenvalue weighted by Crippen LogP contribution is -2.37. The van der Waals surface area contributed by atoms with E-state index in [2.05, 4.69) is 19.9 Å². The average molecular weight is 345 g/mol. The minimum absolute atomic E-state index is 0.166. The summed E-state index contributed by atoms with van der Waals surface area (Å²) in [6, 6.07) is 8.07. The van der Waals surface area contributed by atoms with E-state index in [-0.39, 0.29) is 24.4 Å². The Balaban J connectivity index is 1.66. The Morgan fingerprint density at radius 2 is 2.08 bits per heavy atom. The molecule has 1 unspecified atom stereocenters. The lowest BCUT2D eigenvalue weighted by molar-refractivity contribution is -0.171. The second-order valence-electron chi connectivity index (χ2n) is 6.74. The van der Waals surface area contributed by atoms with E-state index < -0.39 is 12.1 Å². The summed E-state index contributed by atoms with van der Waals surface area (Å²) in [5.74, 6) is -0.818. The molecule has 0 saturated carbocycles. The SMILES string of the molecule is CN1C(=CC(=O)COC(=O)C2COCCO2)C(C)(C)c2ccccc21. The first-order valence-electron chi connectivity index (χ1n) is 8.35. The Hall–Kier alpha value is -2.18. The van der Waals surface area contributed by atoms with Gasteiger partial charge in [-0.15, -0.1) is 0 Å². The topological polar surface area (TPSA) is 65.1 Å². The van der Waals surface area contributed by atoms with Gasteiger partial charge in [0.05, 0.1) is 19.8 Å². The third kappa shape index (κ3) is 3.45. The van der Waals surface area contributed by atoms with Crippen molar-refractivity contribution in [2.75, 3.05) is 38.4 Å². The predicted molar refractivity (Wildman–Crippen MR) is 92.5 cm³/mol. The first kappa shape index (κ1) is 17.6. The van der Waals surface area contributed by atoms with Crippen LogP contribution in [0.2, 0.25) is 0 Å². The molecule has 2 heterocycles. The summed E-state index contributed by atoms with van der Waals surface area (Å²) in [5.41, 5.74) is 2.84. The number of likely N-dealkylation sites (N-methyl/N-ethyl adjacent to an activating group) is 1. The van der Waals surface area contributed by atoms with Crippen LogP contribution < -0.4 is 4.90 Å². The fourth-order valence-corrected chi connectivity index (χ4v) is 3.31. The predicted octanol–water partition coefficient (Wildman–Crippen LogP) is 1.83. The lowest BCUT2D eigenvalue weighted by Gasteiger charge is -2.24. The van der Waals surface area contributed by atoms with Crippen molar-refractivity contribution >= 4 is 17.4 Å². The Morgan fingerprint density at radius 1 is 1.32 bits per heavy atom. The highest BCUT2D eigenvalue weighted by molar-refractivity contribution is 5.94. The second kappa shape index (κ2) is 6.98. The molecular formula is C19H23NO5. The van der Waals surface area contributed by atoms with E-state index in [0.717, 1.165) is 11.4 Å². The molecule has 6 heteroatoms. The Kier molecular flexibility index (Phi) is 4.92. The van der Waals surface area contributed by atoms with Gasteiger partial charge in [-0.2, -0.15) is 0 Å². The van der Waals surface area contributed by atoms with Crippen LogP contribution in [-0.2, 0) is 29.2 Å². The normalized spacial score (nSPS) is 23.4. The zero-order valence-electron chi connectivity index (χ0n) is 14.8. The third-order valence-electron chi connectivity index (χ3n) is 4.67. The Morgan fingerprint density at radius 3 is 2.76 bits per heavy atom. The minimum atomic E-state index is -0.746. The van der Waals surface area contributed by atoms with Gasteiger partial charge in [0, 0.05) is 29.9 Å². The number of allylic oxidation sites excluding steroid dienone is 1. The minimum Gasteiger partial charge on any atom is -0.455 e. The molecule has 134 valence electrons. The number of carbonyl (C=O) groups excluding carboxylic acids is 2. The van der Waals surface area contributed by atoms with Crippen molar-refractivity contribution in [3.05, 3.63) is 41.6 Å². The monoisotopic (exact) mass is 345 g/mol. The van der Waals surface area contributed by atoms with Gasteiger partial charge in [0.15, 0.2) is 18.5 Å². The van der Waals surface area contributed by atoms with E-state index in [9.17, 15) is 9.59 Å². The molecule has 1 fully saturated rings. The molecule has 6 nitrogen and oxygen atoms in total. The maximum atomic E-state index is 12.3. The second-order valence-corrected chi connectivity index (χ2v) is 6.74. The number of nitrogens with zero attached hydrogens (tertiary/aromatic N) is 1. The van der Waals surface area contributed by atoms with Gasteiger partial charge in [0.25, 0.3) is 0 Å². The average Bonchev–Trinajstić information content (AvgIpc) is 2.82. The summed E-state index contributed by atoms with van der Waals surface area (Å²) >= 11 is 0. The van der Waals surface area contributed by atoms with E-state index in [1.807, 2.05) is 30.1 Å². The van der Waals surface area contributed by atoms with Crippen molar-refractivity contribution < 1.29 is 23.8 Å². The van der Waals surface area contributed by atoms with Crippen molar-refractivity contribution in [2.24, 2.45) is 0 Å². The first-order chi connectivity index (χ1) is 11.9. The van der Waals surface area contributed by atoms with Crippen LogP contribution in [0.4, 0.5) is 5.69 Å². The number of ketones is 1. The molecule has 0 bridgehead atoms. The molecule has 2 aliphatic heterocycles. The van der Waals surface area contributed by atoms with E-state index in [4.69, 9.17) is 14.2 Å². The lowest BCUT2D eigenvalue weighted by atomic mass is 9.83. The van der Waals surface area contributed by atoms with Gasteiger partial charge in [-0.3, -0.25) is 4.79 Å². The Bertz CT molecular complexity index is 704. The summed E-state index contributed by atoms with van der Waals surface area (Å²) in [6.07, 6.45) is 0.815. The Labute approximate surface area is 147 Å². The molecule has 2 aliphatic rings. The zero-order valence-corrected chi connectivity index (χ0v) is 14.8. The van der Waals surface area contributed by atoms with Crippen LogP contribution >= 0.6 is 0 Å². The van der Waals surface area contributed by atoms with Crippen molar-refractivity contribution in [2.45, 2.75) is 25.4 Å². The van der Waals surface area contributed by atoms with E-state index in [0.29, 0.717) is 13.2 Å². The molecule has 1 aromatic rings. The summed E-state index contributed by atoms with van der Waals surface area (Å²) in [7, 11) is 1.94. The molecule has 1 aromatic carbocycles. The van der Waals surface area contributed by atoms with Gasteiger partial charge in [-0.25, -0.2) is 4.79 Å². The van der Waals surface area contributed by atoms with Crippen LogP contribution in [-0.4, -0.2) is 51.3 Å². The van der Waals surface area contributed by atoms with E-state index in [1.165, 1.54) is 5.56 Å². The number of anilines is 1. The standard InChI is InChI=1S/C19H23NO5/c1-19(2)14-6-4-5-7-15(14)20(3)17(19)10-13(21)11-25-18(22)16-12-23-8-9-24-16/h4-7,10,16H,8-9,11-12H2,1-3H3. The molecular weight excluding hydrogens is 322 g/mol. The van der Waals surface area contributed by atoms with Crippen molar-refractivity contribution in [3.8, 4) is 0 Å². The highest BCUT2D eigenvalue weighted by atomic mass is 16.6. The van der Waals surface area contributed by atoms with Gasteiger partial charge >= 0.3 is 5.97 Å². The molecule has 3 rings (SSSR count). The highest BCUT2D eigenvalue weighted by Gasteiger charge is 2.38. The van der Waals surface area contributed by atoms with Crippen LogP contribution in [0, 0.1) is 0 Å². The van der Waals surface area contributed by atoms with Crippen LogP contribution in [0.1, 0.15) is 19.4 Å². The molecule has 0 radical (unpaired) electrons.